The van der Waals surface area contributed by atoms with E-state index in [1.165, 1.54) is 19.6 Å². The lowest BCUT2D eigenvalue weighted by molar-refractivity contribution is -0.284. The maximum absolute atomic E-state index is 11.5. The summed E-state index contributed by atoms with van der Waals surface area (Å²) in [5, 5.41) is 3.25. The highest BCUT2D eigenvalue weighted by atomic mass is 31.2. The summed E-state index contributed by atoms with van der Waals surface area (Å²) in [5.41, 5.74) is 8.48. The first-order valence-electron chi connectivity index (χ1n) is 10.4. The molecule has 1 saturated heterocycles. The van der Waals surface area contributed by atoms with Crippen LogP contribution in [0.5, 0.6) is 0 Å². The van der Waals surface area contributed by atoms with Crippen molar-refractivity contribution in [2.75, 3.05) is 26.2 Å². The van der Waals surface area contributed by atoms with Crippen LogP contribution in [0.4, 0.5) is 0 Å². The number of carbonyl (C=O) groups excluding carboxylic acids is 3. The van der Waals surface area contributed by atoms with Gasteiger partial charge >= 0.3 is 25.7 Å². The number of esters is 3. The molecule has 0 aliphatic carbocycles. The molecule has 0 aromatic heterocycles. The molecular formula is C18H33N4O11P. The topological polar surface area (TPSA) is 207 Å². The van der Waals surface area contributed by atoms with Crippen LogP contribution >= 0.6 is 7.82 Å². The third kappa shape index (κ3) is 12.3. The number of hydrogen-bond donors (Lipinski definition) is 2. The number of hydrogen-bond acceptors (Lipinski definition) is 11. The first-order chi connectivity index (χ1) is 15.8. The average molecular weight is 512 g/mol. The highest BCUT2D eigenvalue weighted by Crippen LogP contribution is 2.42. The van der Waals surface area contributed by atoms with Crippen molar-refractivity contribution in [2.45, 2.75) is 72.2 Å². The Kier molecular flexibility index (Phi) is 14.6. The normalized spacial score (nSPS) is 24.2. The molecule has 34 heavy (non-hydrogen) atoms. The van der Waals surface area contributed by atoms with E-state index in [0.717, 1.165) is 20.8 Å². The molecule has 0 radical (unpaired) electrons. The summed E-state index contributed by atoms with van der Waals surface area (Å²) in [6.45, 7) is 12.7. The number of phosphoric acid groups is 1. The van der Waals surface area contributed by atoms with Gasteiger partial charge in [0.15, 0.2) is 18.3 Å². The third-order valence-corrected chi connectivity index (χ3v) is 4.89. The molecule has 16 heteroatoms. The molecule has 15 nitrogen and oxygen atoms in total. The highest BCUT2D eigenvalue weighted by Gasteiger charge is 2.53. The number of nitrogens with zero attached hydrogens (tertiary/aromatic N) is 4. The van der Waals surface area contributed by atoms with Gasteiger partial charge in [0.05, 0.1) is 6.54 Å². The van der Waals surface area contributed by atoms with Crippen molar-refractivity contribution in [1.29, 1.82) is 0 Å². The third-order valence-electron chi connectivity index (χ3n) is 4.41. The van der Waals surface area contributed by atoms with Crippen LogP contribution < -0.4 is 0 Å². The largest absolute Gasteiger partial charge is 0.472 e. The molecule has 1 aliphatic rings. The molecule has 2 N–H and O–H groups in total. The van der Waals surface area contributed by atoms with Crippen molar-refractivity contribution in [3.05, 3.63) is 10.4 Å². The van der Waals surface area contributed by atoms with Gasteiger partial charge in [-0.2, -0.15) is 0 Å². The SMILES string of the molecule is CC(=O)O[C@H]1[C@@H](OC(C)=O)[C@@H](CN=[N+]=[N-])O[C@H](OP(=O)(O)O)[C@@H]1OC(C)=O.CCN(CC)CC. The summed E-state index contributed by atoms with van der Waals surface area (Å²) in [6.07, 6.45) is -7.90. The van der Waals surface area contributed by atoms with E-state index in [1.54, 1.807) is 0 Å². The predicted octanol–water partition coefficient (Wildman–Crippen LogP) is 1.27. The Balaban J connectivity index is 0.00000135. The van der Waals surface area contributed by atoms with Gasteiger partial charge < -0.3 is 33.6 Å². The highest BCUT2D eigenvalue weighted by molar-refractivity contribution is 7.46. The zero-order chi connectivity index (χ0) is 26.5. The summed E-state index contributed by atoms with van der Waals surface area (Å²) < 4.78 is 36.0. The Bertz CT molecular complexity index is 761. The quantitative estimate of drug-likeness (QED) is 0.106. The second kappa shape index (κ2) is 15.6. The molecule has 1 aliphatic heterocycles. The first-order valence-corrected chi connectivity index (χ1v) is 12.0. The molecule has 1 rings (SSSR count). The molecule has 0 aromatic rings. The average Bonchev–Trinajstić information content (AvgIpc) is 2.71. The van der Waals surface area contributed by atoms with Gasteiger partial charge in [-0.3, -0.25) is 18.9 Å². The van der Waals surface area contributed by atoms with E-state index in [1.807, 2.05) is 0 Å². The van der Waals surface area contributed by atoms with E-state index >= 15 is 0 Å². The molecular weight excluding hydrogens is 479 g/mol. The second-order valence-electron chi connectivity index (χ2n) is 6.89. The van der Waals surface area contributed by atoms with Gasteiger partial charge in [-0.1, -0.05) is 25.9 Å². The molecule has 0 bridgehead atoms. The van der Waals surface area contributed by atoms with Gasteiger partial charge in [-0.25, -0.2) is 4.57 Å². The second-order valence-corrected chi connectivity index (χ2v) is 8.09. The van der Waals surface area contributed by atoms with E-state index in [4.69, 9.17) is 34.3 Å². The van der Waals surface area contributed by atoms with Crippen molar-refractivity contribution >= 4 is 25.7 Å². The van der Waals surface area contributed by atoms with Crippen molar-refractivity contribution in [2.24, 2.45) is 5.11 Å². The molecule has 0 aromatic carbocycles. The Hall–Kier alpha value is -2.25. The van der Waals surface area contributed by atoms with E-state index in [2.05, 4.69) is 40.2 Å². The van der Waals surface area contributed by atoms with E-state index in [9.17, 15) is 18.9 Å². The standard InChI is InChI=1S/C12H18N3O11P.C6H15N/c1-5(16)22-9-8(4-14-15-13)25-12(26-27(19,20)21)11(24-7(3)18)10(9)23-6(2)17;1-4-7(5-2)6-3/h8-12H,4H2,1-3H3,(H2,19,20,21);4-6H2,1-3H3/t8-,9+,10+,11-,12-;/m1./s1. The molecule has 0 unspecified atom stereocenters. The molecule has 0 saturated carbocycles. The van der Waals surface area contributed by atoms with Crippen molar-refractivity contribution < 1.29 is 52.2 Å². The molecule has 1 heterocycles. The minimum absolute atomic E-state index is 0.472. The van der Waals surface area contributed by atoms with Gasteiger partial charge in [-0.05, 0) is 25.2 Å². The molecule has 196 valence electrons. The summed E-state index contributed by atoms with van der Waals surface area (Å²) in [4.78, 5) is 57.3. The number of rotatable bonds is 10. The predicted molar refractivity (Wildman–Crippen MR) is 116 cm³/mol. The summed E-state index contributed by atoms with van der Waals surface area (Å²) in [7, 11) is -5.14. The maximum atomic E-state index is 11.5. The zero-order valence-electron chi connectivity index (χ0n) is 20.0. The fourth-order valence-corrected chi connectivity index (χ4v) is 3.45. The maximum Gasteiger partial charge on any atom is 0.472 e. The van der Waals surface area contributed by atoms with Crippen LogP contribution in [-0.4, -0.2) is 89.5 Å². The summed E-state index contributed by atoms with van der Waals surface area (Å²) in [5.74, 6) is -2.63. The van der Waals surface area contributed by atoms with Crippen LogP contribution in [0.2, 0.25) is 0 Å². The van der Waals surface area contributed by atoms with Gasteiger partial charge in [0.25, 0.3) is 0 Å². The van der Waals surface area contributed by atoms with Gasteiger partial charge in [0.2, 0.25) is 6.29 Å². The van der Waals surface area contributed by atoms with Gasteiger partial charge in [0.1, 0.15) is 6.10 Å². The lowest BCUT2D eigenvalue weighted by Crippen LogP contribution is -2.62. The van der Waals surface area contributed by atoms with Crippen LogP contribution in [0.15, 0.2) is 5.11 Å². The fourth-order valence-electron chi connectivity index (χ4n) is 3.01. The van der Waals surface area contributed by atoms with Crippen LogP contribution in [-0.2, 0) is 42.4 Å². The molecule has 0 spiro atoms. The van der Waals surface area contributed by atoms with Crippen molar-refractivity contribution in [1.82, 2.24) is 4.90 Å². The van der Waals surface area contributed by atoms with Gasteiger partial charge in [0, 0.05) is 25.7 Å². The van der Waals surface area contributed by atoms with E-state index in [-0.39, 0.29) is 0 Å². The number of azide groups is 1. The Morgan fingerprint density at radius 1 is 0.941 bits per heavy atom. The van der Waals surface area contributed by atoms with E-state index < -0.39 is 63.0 Å². The van der Waals surface area contributed by atoms with Crippen LogP contribution in [0.1, 0.15) is 41.5 Å². The van der Waals surface area contributed by atoms with Gasteiger partial charge in [-0.15, -0.1) is 0 Å². The first kappa shape index (κ1) is 31.8. The Morgan fingerprint density at radius 3 is 1.74 bits per heavy atom. The van der Waals surface area contributed by atoms with Crippen molar-refractivity contribution in [3.63, 3.8) is 0 Å². The Morgan fingerprint density at radius 2 is 1.38 bits per heavy atom. The minimum Gasteiger partial charge on any atom is -0.456 e. The molecule has 1 fully saturated rings. The number of phosphoric ester groups is 1. The summed E-state index contributed by atoms with van der Waals surface area (Å²) in [6, 6.07) is 0. The van der Waals surface area contributed by atoms with Crippen molar-refractivity contribution in [3.8, 4) is 0 Å². The van der Waals surface area contributed by atoms with Crippen LogP contribution in [0.25, 0.3) is 10.4 Å². The lowest BCUT2D eigenvalue weighted by Gasteiger charge is -2.43. The fraction of sp³-hybridized carbons (Fsp3) is 0.833. The lowest BCUT2D eigenvalue weighted by atomic mass is 9.98. The Labute approximate surface area is 197 Å². The monoisotopic (exact) mass is 512 g/mol. The number of carbonyl (C=O) groups is 3. The molecule has 0 amide bonds. The van der Waals surface area contributed by atoms with Crippen LogP contribution in [0.3, 0.4) is 0 Å². The minimum atomic E-state index is -5.14. The summed E-state index contributed by atoms with van der Waals surface area (Å²) >= 11 is 0. The smallest absolute Gasteiger partial charge is 0.456 e. The number of ether oxygens (including phenoxy) is 4. The zero-order valence-corrected chi connectivity index (χ0v) is 20.9. The van der Waals surface area contributed by atoms with E-state index in [0.29, 0.717) is 0 Å². The van der Waals surface area contributed by atoms with Crippen LogP contribution in [0, 0.1) is 0 Å². The molecule has 5 atom stereocenters.